The molecule has 0 aliphatic carbocycles. The van der Waals surface area contributed by atoms with Crippen LogP contribution in [0.15, 0.2) is 46.9 Å². The van der Waals surface area contributed by atoms with Gasteiger partial charge >= 0.3 is 0 Å². The molecule has 20 heavy (non-hydrogen) atoms. The molecule has 0 radical (unpaired) electrons. The fourth-order valence-electron chi connectivity index (χ4n) is 2.04. The number of rotatable bonds is 6. The molecule has 0 N–H and O–H groups in total. The third-order valence-electron chi connectivity index (χ3n) is 2.99. The van der Waals surface area contributed by atoms with Crippen LogP contribution in [-0.4, -0.2) is 21.9 Å². The topological polar surface area (TPSA) is 25.2 Å². The van der Waals surface area contributed by atoms with Crippen molar-refractivity contribution in [2.45, 2.75) is 20.0 Å². The van der Waals surface area contributed by atoms with E-state index in [1.54, 1.807) is 17.4 Å². The van der Waals surface area contributed by atoms with Crippen molar-refractivity contribution in [3.63, 3.8) is 0 Å². The molecule has 2 heterocycles. The second-order valence-electron chi connectivity index (χ2n) is 4.38. The summed E-state index contributed by atoms with van der Waals surface area (Å²) in [5, 5.41) is 2.03. The highest BCUT2D eigenvalue weighted by atomic mass is 79.9. The highest BCUT2D eigenvalue weighted by Gasteiger charge is 2.19. The molecule has 2 aromatic rings. The molecule has 5 heteroatoms. The second-order valence-corrected chi connectivity index (χ2v) is 6.33. The third kappa shape index (κ3) is 3.41. The number of amides is 1. The van der Waals surface area contributed by atoms with Gasteiger partial charge in [0.1, 0.15) is 5.69 Å². The lowest BCUT2D eigenvalue weighted by Crippen LogP contribution is -2.31. The number of aromatic nitrogens is 1. The molecule has 0 unspecified atom stereocenters. The van der Waals surface area contributed by atoms with Crippen molar-refractivity contribution in [1.29, 1.82) is 0 Å². The summed E-state index contributed by atoms with van der Waals surface area (Å²) < 4.78 is 2.88. The maximum Gasteiger partial charge on any atom is 0.271 e. The first-order valence-electron chi connectivity index (χ1n) is 6.44. The molecule has 0 bridgehead atoms. The van der Waals surface area contributed by atoms with Crippen LogP contribution in [0.3, 0.4) is 0 Å². The van der Waals surface area contributed by atoms with E-state index in [0.717, 1.165) is 11.0 Å². The normalized spacial score (nSPS) is 10.5. The Morgan fingerprint density at radius 2 is 2.40 bits per heavy atom. The van der Waals surface area contributed by atoms with Gasteiger partial charge in [-0.2, -0.15) is 0 Å². The van der Waals surface area contributed by atoms with E-state index < -0.39 is 0 Å². The first-order valence-corrected chi connectivity index (χ1v) is 8.11. The monoisotopic (exact) mass is 352 g/mol. The summed E-state index contributed by atoms with van der Waals surface area (Å²) >= 11 is 5.09. The molecule has 0 fully saturated rings. The predicted molar refractivity (Wildman–Crippen MR) is 87.1 cm³/mol. The van der Waals surface area contributed by atoms with Gasteiger partial charge < -0.3 is 9.47 Å². The van der Waals surface area contributed by atoms with Crippen molar-refractivity contribution in [2.75, 3.05) is 6.54 Å². The molecule has 1 amide bonds. The van der Waals surface area contributed by atoms with Gasteiger partial charge in [-0.3, -0.25) is 4.79 Å². The number of carbonyl (C=O) groups is 1. The number of nitrogens with zero attached hydrogens (tertiary/aromatic N) is 2. The van der Waals surface area contributed by atoms with Gasteiger partial charge in [0.25, 0.3) is 5.91 Å². The number of halogens is 1. The van der Waals surface area contributed by atoms with Crippen molar-refractivity contribution in [3.8, 4) is 0 Å². The Hall–Kier alpha value is -1.33. The molecule has 2 rings (SSSR count). The molecule has 0 saturated heterocycles. The lowest BCUT2D eigenvalue weighted by Gasteiger charge is -2.21. The lowest BCUT2D eigenvalue weighted by atomic mass is 10.3. The van der Waals surface area contributed by atoms with E-state index in [4.69, 9.17) is 0 Å². The van der Waals surface area contributed by atoms with Crippen LogP contribution >= 0.6 is 27.3 Å². The molecule has 106 valence electrons. The van der Waals surface area contributed by atoms with Gasteiger partial charge in [0.15, 0.2) is 0 Å². The van der Waals surface area contributed by atoms with Gasteiger partial charge in [-0.1, -0.05) is 12.1 Å². The largest absolute Gasteiger partial charge is 0.343 e. The van der Waals surface area contributed by atoms with Crippen LogP contribution in [0.2, 0.25) is 0 Å². The number of hydrogen-bond donors (Lipinski definition) is 0. The number of aryl methyl sites for hydroxylation is 1. The van der Waals surface area contributed by atoms with Crippen molar-refractivity contribution < 1.29 is 4.79 Å². The Morgan fingerprint density at radius 3 is 3.00 bits per heavy atom. The van der Waals surface area contributed by atoms with Crippen LogP contribution in [0, 0.1) is 0 Å². The van der Waals surface area contributed by atoms with E-state index in [-0.39, 0.29) is 5.91 Å². The molecule has 0 aliphatic heterocycles. The first-order chi connectivity index (χ1) is 9.65. The maximum atomic E-state index is 12.7. The van der Waals surface area contributed by atoms with Gasteiger partial charge in [-0.25, -0.2) is 0 Å². The first kappa shape index (κ1) is 15.1. The molecule has 2 aromatic heterocycles. The quantitative estimate of drug-likeness (QED) is 0.716. The van der Waals surface area contributed by atoms with Gasteiger partial charge in [0, 0.05) is 28.6 Å². The van der Waals surface area contributed by atoms with Crippen LogP contribution in [-0.2, 0) is 13.1 Å². The van der Waals surface area contributed by atoms with Crippen LogP contribution in [0.5, 0.6) is 0 Å². The maximum absolute atomic E-state index is 12.7. The number of carbonyl (C=O) groups excluding carboxylic acids is 1. The third-order valence-corrected chi connectivity index (χ3v) is 4.28. The van der Waals surface area contributed by atoms with Crippen molar-refractivity contribution in [2.24, 2.45) is 0 Å². The molecule has 0 atom stereocenters. The summed E-state index contributed by atoms with van der Waals surface area (Å²) in [7, 11) is 0. The Kier molecular flexibility index (Phi) is 5.20. The van der Waals surface area contributed by atoms with Crippen LogP contribution in [0.4, 0.5) is 0 Å². The van der Waals surface area contributed by atoms with E-state index in [1.165, 1.54) is 4.88 Å². The van der Waals surface area contributed by atoms with E-state index in [0.29, 0.717) is 18.8 Å². The van der Waals surface area contributed by atoms with Crippen molar-refractivity contribution in [1.82, 2.24) is 9.47 Å². The van der Waals surface area contributed by atoms with Gasteiger partial charge in [-0.15, -0.1) is 17.9 Å². The summed E-state index contributed by atoms with van der Waals surface area (Å²) in [6.07, 6.45) is 3.70. The molecular formula is C15H17BrN2OS. The van der Waals surface area contributed by atoms with E-state index in [9.17, 15) is 4.79 Å². The average Bonchev–Trinajstić information content (AvgIpc) is 3.06. The highest BCUT2D eigenvalue weighted by molar-refractivity contribution is 9.10. The fraction of sp³-hybridized carbons (Fsp3) is 0.267. The van der Waals surface area contributed by atoms with Crippen LogP contribution < -0.4 is 0 Å². The molecule has 0 aliphatic rings. The standard InChI is InChI=1S/C15H17BrN2OS/c1-3-7-18(11-13-6-5-8-20-13)15(19)14-9-12(16)10-17(14)4-2/h3,5-6,8-10H,1,4,7,11H2,2H3. The van der Waals surface area contributed by atoms with E-state index in [2.05, 4.69) is 22.5 Å². The molecule has 0 spiro atoms. The molecular weight excluding hydrogens is 336 g/mol. The Bertz CT molecular complexity index is 589. The zero-order chi connectivity index (χ0) is 14.5. The molecule has 3 nitrogen and oxygen atoms in total. The molecule has 0 aromatic carbocycles. The van der Waals surface area contributed by atoms with Gasteiger partial charge in [0.05, 0.1) is 6.54 Å². The summed E-state index contributed by atoms with van der Waals surface area (Å²) in [6, 6.07) is 5.92. The summed E-state index contributed by atoms with van der Waals surface area (Å²) in [5.74, 6) is 0.0332. The zero-order valence-electron chi connectivity index (χ0n) is 11.4. The fourth-order valence-corrected chi connectivity index (χ4v) is 3.23. The van der Waals surface area contributed by atoms with E-state index >= 15 is 0 Å². The Labute approximate surface area is 131 Å². The Balaban J connectivity index is 2.23. The van der Waals surface area contributed by atoms with Crippen molar-refractivity contribution >= 4 is 33.2 Å². The minimum absolute atomic E-state index is 0.0332. The zero-order valence-corrected chi connectivity index (χ0v) is 13.8. The predicted octanol–water partition coefficient (Wildman–Crippen LogP) is 4.16. The van der Waals surface area contributed by atoms with Crippen LogP contribution in [0.25, 0.3) is 0 Å². The average molecular weight is 353 g/mol. The second kappa shape index (κ2) is 6.90. The van der Waals surface area contributed by atoms with Gasteiger partial charge in [0.2, 0.25) is 0 Å². The summed E-state index contributed by atoms with van der Waals surface area (Å²) in [6.45, 7) is 7.71. The van der Waals surface area contributed by atoms with Crippen molar-refractivity contribution in [3.05, 3.63) is 57.5 Å². The van der Waals surface area contributed by atoms with Gasteiger partial charge in [-0.05, 0) is 40.4 Å². The summed E-state index contributed by atoms with van der Waals surface area (Å²) in [4.78, 5) is 15.7. The number of thiophene rings is 1. The smallest absolute Gasteiger partial charge is 0.271 e. The minimum Gasteiger partial charge on any atom is -0.343 e. The summed E-state index contributed by atoms with van der Waals surface area (Å²) in [5.41, 5.74) is 0.706. The lowest BCUT2D eigenvalue weighted by molar-refractivity contribution is 0.0753. The highest BCUT2D eigenvalue weighted by Crippen LogP contribution is 2.19. The van der Waals surface area contributed by atoms with Crippen LogP contribution in [0.1, 0.15) is 22.3 Å². The number of hydrogen-bond acceptors (Lipinski definition) is 2. The SMILES string of the molecule is C=CCN(Cc1cccs1)C(=O)c1cc(Br)cn1CC. The Morgan fingerprint density at radius 1 is 1.60 bits per heavy atom. The molecule has 0 saturated carbocycles. The minimum atomic E-state index is 0.0332. The van der Waals surface area contributed by atoms with E-state index in [1.807, 2.05) is 46.2 Å².